The number of rotatable bonds is 1. The van der Waals surface area contributed by atoms with E-state index >= 15 is 0 Å². The number of nitrogen functional groups attached to an aromatic ring is 1. The van der Waals surface area contributed by atoms with Gasteiger partial charge in [0.25, 0.3) is 0 Å². The molecule has 2 heterocycles. The van der Waals surface area contributed by atoms with Crippen LogP contribution in [0.4, 0.5) is 5.82 Å². The predicted molar refractivity (Wildman–Crippen MR) is 71.0 cm³/mol. The fraction of sp³-hybridized carbons (Fsp3) is 0.250. The zero-order valence-electron chi connectivity index (χ0n) is 8.77. The van der Waals surface area contributed by atoms with Gasteiger partial charge in [0.05, 0.1) is 0 Å². The van der Waals surface area contributed by atoms with Crippen LogP contribution in [0.3, 0.4) is 0 Å². The van der Waals surface area contributed by atoms with E-state index in [9.17, 15) is 0 Å². The summed E-state index contributed by atoms with van der Waals surface area (Å²) < 4.78 is 0. The number of hydrogen-bond acceptors (Lipinski definition) is 4. The second-order valence-corrected chi connectivity index (χ2v) is 5.85. The molecule has 82 valence electrons. The molecule has 0 fully saturated rings. The summed E-state index contributed by atoms with van der Waals surface area (Å²) in [4.78, 5) is 5.75. The number of nitrogens with zero attached hydrogens (tertiary/aromatic N) is 1. The maximum atomic E-state index is 5.65. The highest BCUT2D eigenvalue weighted by Gasteiger charge is 2.11. The third kappa shape index (κ3) is 1.83. The molecule has 0 amide bonds. The molecule has 2 N–H and O–H groups in total. The lowest BCUT2D eigenvalue weighted by molar-refractivity contribution is 0.890. The second kappa shape index (κ2) is 4.11. The standard InChI is InChI=1S/C12H12N2S2/c13-11-7-16-12(14-11)9-3-4-10-8(6-9)2-1-5-15-10/h3-4,6-7H,1-2,5,13H2. The molecule has 2 nitrogen and oxygen atoms in total. The first-order chi connectivity index (χ1) is 7.83. The molecule has 16 heavy (non-hydrogen) atoms. The van der Waals surface area contributed by atoms with E-state index in [0.717, 1.165) is 5.01 Å². The highest BCUT2D eigenvalue weighted by atomic mass is 32.2. The molecule has 0 radical (unpaired) electrons. The quantitative estimate of drug-likeness (QED) is 0.840. The molecule has 1 aliphatic rings. The Morgan fingerprint density at radius 1 is 1.31 bits per heavy atom. The summed E-state index contributed by atoms with van der Waals surface area (Å²) in [7, 11) is 0. The van der Waals surface area contributed by atoms with Crippen molar-refractivity contribution in [2.24, 2.45) is 0 Å². The third-order valence-electron chi connectivity index (χ3n) is 2.68. The number of thioether (sulfide) groups is 1. The van der Waals surface area contributed by atoms with Gasteiger partial charge in [-0.2, -0.15) is 0 Å². The van der Waals surface area contributed by atoms with E-state index in [-0.39, 0.29) is 0 Å². The molecule has 0 aliphatic carbocycles. The minimum atomic E-state index is 0.618. The van der Waals surface area contributed by atoms with E-state index in [4.69, 9.17) is 5.73 Å². The van der Waals surface area contributed by atoms with Crippen molar-refractivity contribution in [1.82, 2.24) is 4.98 Å². The Morgan fingerprint density at radius 2 is 2.25 bits per heavy atom. The largest absolute Gasteiger partial charge is 0.383 e. The highest BCUT2D eigenvalue weighted by molar-refractivity contribution is 7.99. The number of thiazole rings is 1. The van der Waals surface area contributed by atoms with Gasteiger partial charge < -0.3 is 5.73 Å². The second-order valence-electron chi connectivity index (χ2n) is 3.85. The van der Waals surface area contributed by atoms with Crippen molar-refractivity contribution in [1.29, 1.82) is 0 Å². The Bertz CT molecular complexity index is 519. The lowest BCUT2D eigenvalue weighted by Crippen LogP contribution is -1.98. The zero-order chi connectivity index (χ0) is 11.0. The van der Waals surface area contributed by atoms with Crippen LogP contribution in [0, 0.1) is 0 Å². The van der Waals surface area contributed by atoms with E-state index in [1.165, 1.54) is 34.6 Å². The average Bonchev–Trinajstić information content (AvgIpc) is 2.75. The van der Waals surface area contributed by atoms with Gasteiger partial charge in [-0.05, 0) is 36.3 Å². The van der Waals surface area contributed by atoms with Gasteiger partial charge in [0, 0.05) is 15.8 Å². The number of hydrogen-bond donors (Lipinski definition) is 1. The molecule has 0 saturated heterocycles. The van der Waals surface area contributed by atoms with E-state index < -0.39 is 0 Å². The Morgan fingerprint density at radius 3 is 3.06 bits per heavy atom. The number of fused-ring (bicyclic) bond motifs is 1. The lowest BCUT2D eigenvalue weighted by Gasteiger charge is -2.15. The molecule has 1 aromatic heterocycles. The number of aromatic nitrogens is 1. The van der Waals surface area contributed by atoms with Crippen LogP contribution in [0.25, 0.3) is 10.6 Å². The number of aryl methyl sites for hydroxylation is 1. The smallest absolute Gasteiger partial charge is 0.135 e. The van der Waals surface area contributed by atoms with Crippen LogP contribution in [0.5, 0.6) is 0 Å². The van der Waals surface area contributed by atoms with Crippen LogP contribution in [-0.2, 0) is 6.42 Å². The van der Waals surface area contributed by atoms with E-state index in [1.54, 1.807) is 11.3 Å². The number of benzene rings is 1. The molecule has 4 heteroatoms. The van der Waals surface area contributed by atoms with Crippen molar-refractivity contribution < 1.29 is 0 Å². The maximum Gasteiger partial charge on any atom is 0.135 e. The molecule has 0 saturated carbocycles. The highest BCUT2D eigenvalue weighted by Crippen LogP contribution is 2.34. The van der Waals surface area contributed by atoms with Gasteiger partial charge in [-0.25, -0.2) is 4.98 Å². The first-order valence-electron chi connectivity index (χ1n) is 5.30. The maximum absolute atomic E-state index is 5.65. The molecule has 0 bridgehead atoms. The molecule has 1 aliphatic heterocycles. The van der Waals surface area contributed by atoms with Gasteiger partial charge in [-0.3, -0.25) is 0 Å². The monoisotopic (exact) mass is 248 g/mol. The molecule has 0 atom stereocenters. The van der Waals surface area contributed by atoms with Gasteiger partial charge in [0.15, 0.2) is 0 Å². The first kappa shape index (κ1) is 10.2. The van der Waals surface area contributed by atoms with Crippen molar-refractivity contribution in [2.45, 2.75) is 17.7 Å². The SMILES string of the molecule is Nc1csc(-c2ccc3c(c2)CCCS3)n1. The lowest BCUT2D eigenvalue weighted by atomic mass is 10.1. The molecule has 3 rings (SSSR count). The summed E-state index contributed by atoms with van der Waals surface area (Å²) in [6, 6.07) is 6.63. The predicted octanol–water partition coefficient (Wildman–Crippen LogP) is 3.43. The van der Waals surface area contributed by atoms with Gasteiger partial charge in [0.1, 0.15) is 10.8 Å². The van der Waals surface area contributed by atoms with Gasteiger partial charge in [0.2, 0.25) is 0 Å². The van der Waals surface area contributed by atoms with Crippen LogP contribution >= 0.6 is 23.1 Å². The summed E-state index contributed by atoms with van der Waals surface area (Å²) >= 11 is 3.57. The summed E-state index contributed by atoms with van der Waals surface area (Å²) in [5, 5.41) is 2.92. The van der Waals surface area contributed by atoms with Crippen LogP contribution < -0.4 is 5.73 Å². The summed E-state index contributed by atoms with van der Waals surface area (Å²) in [5.41, 5.74) is 8.31. The summed E-state index contributed by atoms with van der Waals surface area (Å²) in [6.07, 6.45) is 2.47. The normalized spacial score (nSPS) is 14.8. The molecular weight excluding hydrogens is 236 g/mol. The van der Waals surface area contributed by atoms with Gasteiger partial charge >= 0.3 is 0 Å². The minimum Gasteiger partial charge on any atom is -0.383 e. The van der Waals surface area contributed by atoms with Crippen LogP contribution in [0.2, 0.25) is 0 Å². The van der Waals surface area contributed by atoms with E-state index in [0.29, 0.717) is 5.82 Å². The minimum absolute atomic E-state index is 0.618. The van der Waals surface area contributed by atoms with Crippen LogP contribution in [0.1, 0.15) is 12.0 Å². The van der Waals surface area contributed by atoms with Gasteiger partial charge in [-0.1, -0.05) is 6.07 Å². The van der Waals surface area contributed by atoms with Gasteiger partial charge in [-0.15, -0.1) is 23.1 Å². The molecule has 0 spiro atoms. The summed E-state index contributed by atoms with van der Waals surface area (Å²) in [5.74, 6) is 1.86. The number of nitrogens with two attached hydrogens (primary N) is 1. The zero-order valence-corrected chi connectivity index (χ0v) is 10.4. The Kier molecular flexibility index (Phi) is 2.61. The van der Waals surface area contributed by atoms with Crippen LogP contribution in [-0.4, -0.2) is 10.7 Å². The molecule has 1 aromatic carbocycles. The molecular formula is C12H12N2S2. The molecule has 0 unspecified atom stereocenters. The Hall–Kier alpha value is -1.00. The van der Waals surface area contributed by atoms with Crippen molar-refractivity contribution >= 4 is 28.9 Å². The van der Waals surface area contributed by atoms with Crippen molar-refractivity contribution in [3.63, 3.8) is 0 Å². The first-order valence-corrected chi connectivity index (χ1v) is 7.16. The van der Waals surface area contributed by atoms with E-state index in [2.05, 4.69) is 23.2 Å². The molecule has 2 aromatic rings. The Balaban J connectivity index is 2.02. The van der Waals surface area contributed by atoms with Crippen molar-refractivity contribution in [3.05, 3.63) is 29.1 Å². The van der Waals surface area contributed by atoms with Crippen LogP contribution in [0.15, 0.2) is 28.5 Å². The average molecular weight is 248 g/mol. The van der Waals surface area contributed by atoms with Crippen molar-refractivity contribution in [3.8, 4) is 10.6 Å². The Labute approximate surface area is 103 Å². The van der Waals surface area contributed by atoms with Crippen molar-refractivity contribution in [2.75, 3.05) is 11.5 Å². The van der Waals surface area contributed by atoms with E-state index in [1.807, 2.05) is 17.1 Å². The third-order valence-corrected chi connectivity index (χ3v) is 4.79. The summed E-state index contributed by atoms with van der Waals surface area (Å²) in [6.45, 7) is 0. The fourth-order valence-corrected chi connectivity index (χ4v) is 3.64. The fourth-order valence-electron chi connectivity index (χ4n) is 1.91. The number of anilines is 1. The topological polar surface area (TPSA) is 38.9 Å².